The van der Waals surface area contributed by atoms with Crippen molar-refractivity contribution >= 4 is 12.6 Å². The fraction of sp³-hybridized carbons (Fsp3) is 0.833. The third-order valence-electron chi connectivity index (χ3n) is 2.67. The van der Waals surface area contributed by atoms with Crippen molar-refractivity contribution in [1.29, 1.82) is 0 Å². The van der Waals surface area contributed by atoms with E-state index in [4.69, 9.17) is 0 Å². The second kappa shape index (κ2) is 6.94. The molecule has 92 valence electrons. The third-order valence-corrected chi connectivity index (χ3v) is 2.93. The van der Waals surface area contributed by atoms with Crippen molar-refractivity contribution in [2.75, 3.05) is 0 Å². The molecule has 0 spiro atoms. The van der Waals surface area contributed by atoms with Gasteiger partial charge in [-0.05, 0) is 25.2 Å². The number of nitrogens with zero attached hydrogens (tertiary/aromatic N) is 3. The second-order valence-electron chi connectivity index (χ2n) is 4.87. The van der Waals surface area contributed by atoms with Crippen LogP contribution in [0.3, 0.4) is 0 Å². The lowest BCUT2D eigenvalue weighted by Crippen LogP contribution is -2.08. The summed E-state index contributed by atoms with van der Waals surface area (Å²) < 4.78 is 2.02. The highest BCUT2D eigenvalue weighted by molar-refractivity contribution is 7.80. The van der Waals surface area contributed by atoms with Crippen LogP contribution >= 0.6 is 12.6 Å². The van der Waals surface area contributed by atoms with E-state index in [0.29, 0.717) is 5.25 Å². The van der Waals surface area contributed by atoms with Crippen LogP contribution in [0.25, 0.3) is 0 Å². The van der Waals surface area contributed by atoms with E-state index >= 15 is 0 Å². The SMILES string of the molecule is CC(C)CCCc1cnnn1CCC(C)S. The van der Waals surface area contributed by atoms with E-state index in [1.807, 2.05) is 10.9 Å². The van der Waals surface area contributed by atoms with Crippen molar-refractivity contribution in [3.8, 4) is 0 Å². The van der Waals surface area contributed by atoms with E-state index in [1.54, 1.807) is 0 Å². The molecule has 4 heteroatoms. The first-order valence-corrected chi connectivity index (χ1v) is 6.66. The summed E-state index contributed by atoms with van der Waals surface area (Å²) in [6, 6.07) is 0. The minimum atomic E-state index is 0.424. The molecule has 0 N–H and O–H groups in total. The summed E-state index contributed by atoms with van der Waals surface area (Å²) in [6.07, 6.45) is 6.52. The van der Waals surface area contributed by atoms with Gasteiger partial charge in [-0.2, -0.15) is 12.6 Å². The Labute approximate surface area is 104 Å². The lowest BCUT2D eigenvalue weighted by atomic mass is 10.1. The van der Waals surface area contributed by atoms with Gasteiger partial charge in [-0.1, -0.05) is 32.4 Å². The summed E-state index contributed by atoms with van der Waals surface area (Å²) in [4.78, 5) is 0. The van der Waals surface area contributed by atoms with E-state index in [-0.39, 0.29) is 0 Å². The van der Waals surface area contributed by atoms with Gasteiger partial charge < -0.3 is 0 Å². The lowest BCUT2D eigenvalue weighted by molar-refractivity contribution is 0.511. The number of aryl methyl sites for hydroxylation is 2. The van der Waals surface area contributed by atoms with Crippen LogP contribution in [-0.2, 0) is 13.0 Å². The molecule has 0 bridgehead atoms. The van der Waals surface area contributed by atoms with Crippen molar-refractivity contribution in [2.24, 2.45) is 5.92 Å². The van der Waals surface area contributed by atoms with Gasteiger partial charge >= 0.3 is 0 Å². The predicted molar refractivity (Wildman–Crippen MR) is 70.9 cm³/mol. The van der Waals surface area contributed by atoms with E-state index in [9.17, 15) is 0 Å². The number of thiol groups is 1. The van der Waals surface area contributed by atoms with Crippen LogP contribution in [0, 0.1) is 5.92 Å². The van der Waals surface area contributed by atoms with Gasteiger partial charge in [-0.15, -0.1) is 5.10 Å². The topological polar surface area (TPSA) is 30.7 Å². The molecule has 1 aromatic heterocycles. The summed E-state index contributed by atoms with van der Waals surface area (Å²) in [5.74, 6) is 0.779. The summed E-state index contributed by atoms with van der Waals surface area (Å²) >= 11 is 4.38. The zero-order valence-corrected chi connectivity index (χ0v) is 11.5. The molecule has 0 aliphatic carbocycles. The van der Waals surface area contributed by atoms with Gasteiger partial charge in [0.05, 0.1) is 11.9 Å². The minimum absolute atomic E-state index is 0.424. The monoisotopic (exact) mass is 241 g/mol. The number of aromatic nitrogens is 3. The van der Waals surface area contributed by atoms with Gasteiger partial charge in [0, 0.05) is 11.8 Å². The summed E-state index contributed by atoms with van der Waals surface area (Å²) in [5.41, 5.74) is 1.26. The molecule has 0 radical (unpaired) electrons. The molecule has 0 saturated heterocycles. The first-order valence-electron chi connectivity index (χ1n) is 6.15. The molecule has 0 aromatic carbocycles. The molecular weight excluding hydrogens is 218 g/mol. The molecule has 16 heavy (non-hydrogen) atoms. The lowest BCUT2D eigenvalue weighted by Gasteiger charge is -2.08. The molecule has 0 fully saturated rings. The van der Waals surface area contributed by atoms with Crippen molar-refractivity contribution < 1.29 is 0 Å². The normalized spacial score (nSPS) is 13.3. The number of hydrogen-bond acceptors (Lipinski definition) is 3. The molecule has 0 saturated carbocycles. The van der Waals surface area contributed by atoms with Gasteiger partial charge in [-0.3, -0.25) is 0 Å². The smallest absolute Gasteiger partial charge is 0.0725 e. The highest BCUT2D eigenvalue weighted by atomic mass is 32.1. The molecule has 1 atom stereocenters. The Hall–Kier alpha value is -0.510. The molecule has 3 nitrogen and oxygen atoms in total. The maximum atomic E-state index is 4.38. The van der Waals surface area contributed by atoms with Crippen LogP contribution in [-0.4, -0.2) is 20.2 Å². The third kappa shape index (κ3) is 5.01. The van der Waals surface area contributed by atoms with Gasteiger partial charge in [0.15, 0.2) is 0 Å². The first-order chi connectivity index (χ1) is 7.59. The van der Waals surface area contributed by atoms with E-state index < -0.39 is 0 Å². The van der Waals surface area contributed by atoms with Crippen LogP contribution in [0.2, 0.25) is 0 Å². The molecule has 0 amide bonds. The quantitative estimate of drug-likeness (QED) is 0.744. The number of hydrogen-bond donors (Lipinski definition) is 1. The zero-order valence-electron chi connectivity index (χ0n) is 10.6. The van der Waals surface area contributed by atoms with Crippen molar-refractivity contribution in [1.82, 2.24) is 15.0 Å². The van der Waals surface area contributed by atoms with Gasteiger partial charge in [-0.25, -0.2) is 4.68 Å². The largest absolute Gasteiger partial charge is 0.249 e. The summed E-state index contributed by atoms with van der Waals surface area (Å²) in [5, 5.41) is 8.53. The predicted octanol–water partition coefficient (Wildman–Crippen LogP) is 2.97. The molecule has 1 rings (SSSR count). The molecule has 1 heterocycles. The van der Waals surface area contributed by atoms with Crippen molar-refractivity contribution in [3.63, 3.8) is 0 Å². The van der Waals surface area contributed by atoms with Gasteiger partial charge in [0.1, 0.15) is 0 Å². The molecule has 1 unspecified atom stereocenters. The highest BCUT2D eigenvalue weighted by Gasteiger charge is 2.05. The Morgan fingerprint density at radius 1 is 1.31 bits per heavy atom. The Morgan fingerprint density at radius 3 is 2.69 bits per heavy atom. The van der Waals surface area contributed by atoms with E-state index in [1.165, 1.54) is 18.5 Å². The average Bonchev–Trinajstić information content (AvgIpc) is 2.62. The van der Waals surface area contributed by atoms with Crippen molar-refractivity contribution in [3.05, 3.63) is 11.9 Å². The average molecular weight is 241 g/mol. The van der Waals surface area contributed by atoms with Crippen LogP contribution < -0.4 is 0 Å². The molecular formula is C12H23N3S. The first kappa shape index (κ1) is 13.6. The van der Waals surface area contributed by atoms with Crippen molar-refractivity contribution in [2.45, 2.75) is 58.2 Å². The van der Waals surface area contributed by atoms with Gasteiger partial charge in [0.25, 0.3) is 0 Å². The summed E-state index contributed by atoms with van der Waals surface area (Å²) in [7, 11) is 0. The fourth-order valence-corrected chi connectivity index (χ4v) is 1.78. The van der Waals surface area contributed by atoms with Crippen LogP contribution in [0.1, 0.15) is 45.7 Å². The van der Waals surface area contributed by atoms with E-state index in [2.05, 4.69) is 43.7 Å². The summed E-state index contributed by atoms with van der Waals surface area (Å²) in [6.45, 7) is 7.57. The highest BCUT2D eigenvalue weighted by Crippen LogP contribution is 2.10. The zero-order chi connectivity index (χ0) is 12.0. The second-order valence-corrected chi connectivity index (χ2v) is 5.75. The van der Waals surface area contributed by atoms with Crippen LogP contribution in [0.4, 0.5) is 0 Å². The Kier molecular flexibility index (Phi) is 5.88. The molecule has 0 aliphatic rings. The maximum absolute atomic E-state index is 4.38. The van der Waals surface area contributed by atoms with Gasteiger partial charge in [0.2, 0.25) is 0 Å². The standard InChI is InChI=1S/C12H23N3S/c1-10(2)5-4-6-12-9-13-14-15(12)8-7-11(3)16/h9-11,16H,4-8H2,1-3H3. The molecule has 1 aromatic rings. The number of rotatable bonds is 7. The van der Waals surface area contributed by atoms with Crippen LogP contribution in [0.15, 0.2) is 6.20 Å². The Balaban J connectivity index is 2.38. The fourth-order valence-electron chi connectivity index (χ4n) is 1.66. The Bertz CT molecular complexity index is 294. The van der Waals surface area contributed by atoms with Crippen LogP contribution in [0.5, 0.6) is 0 Å². The van der Waals surface area contributed by atoms with E-state index in [0.717, 1.165) is 25.3 Å². The maximum Gasteiger partial charge on any atom is 0.0725 e. The molecule has 0 aliphatic heterocycles. The Morgan fingerprint density at radius 2 is 2.06 bits per heavy atom. The minimum Gasteiger partial charge on any atom is -0.249 e.